The van der Waals surface area contributed by atoms with Gasteiger partial charge in [-0.1, -0.05) is 6.92 Å². The van der Waals surface area contributed by atoms with Crippen molar-refractivity contribution >= 4 is 11.8 Å². The first-order chi connectivity index (χ1) is 8.40. The molecule has 0 spiro atoms. The zero-order valence-corrected chi connectivity index (χ0v) is 11.9. The van der Waals surface area contributed by atoms with Crippen molar-refractivity contribution in [2.75, 3.05) is 26.7 Å². The Hall–Kier alpha value is -1.10. The van der Waals surface area contributed by atoms with E-state index in [1.165, 1.54) is 0 Å². The highest BCUT2D eigenvalue weighted by molar-refractivity contribution is 5.89. The van der Waals surface area contributed by atoms with Crippen LogP contribution < -0.4 is 10.6 Å². The number of piperidine rings is 1. The number of carbonyl (C=O) groups excluding carboxylic acids is 2. The fourth-order valence-electron chi connectivity index (χ4n) is 2.12. The molecule has 0 bridgehead atoms. The summed E-state index contributed by atoms with van der Waals surface area (Å²) in [7, 11) is 1.75. The molecule has 1 atom stereocenters. The second kappa shape index (κ2) is 6.18. The van der Waals surface area contributed by atoms with Crippen LogP contribution in [0.2, 0.25) is 0 Å². The van der Waals surface area contributed by atoms with Crippen molar-refractivity contribution in [1.82, 2.24) is 15.5 Å². The fraction of sp³-hybridized carbons (Fsp3) is 0.846. The van der Waals surface area contributed by atoms with E-state index in [2.05, 4.69) is 10.6 Å². The normalized spacial score (nSPS) is 20.0. The lowest BCUT2D eigenvalue weighted by molar-refractivity contribution is -0.138. The molecule has 0 saturated carbocycles. The van der Waals surface area contributed by atoms with Crippen molar-refractivity contribution in [1.29, 1.82) is 0 Å². The lowest BCUT2D eigenvalue weighted by Gasteiger charge is -2.33. The number of likely N-dealkylation sites (N-methyl/N-ethyl adjacent to an activating group) is 1. The van der Waals surface area contributed by atoms with Gasteiger partial charge in [0, 0.05) is 19.0 Å². The van der Waals surface area contributed by atoms with Crippen LogP contribution in [-0.4, -0.2) is 49.4 Å². The van der Waals surface area contributed by atoms with Crippen LogP contribution in [0, 0.1) is 5.41 Å². The molecular formula is C13H25N3O2. The molecule has 2 N–H and O–H groups in total. The zero-order valence-electron chi connectivity index (χ0n) is 11.9. The first-order valence-corrected chi connectivity index (χ1v) is 6.67. The molecule has 0 aromatic carbocycles. The Balaban J connectivity index is 2.55. The summed E-state index contributed by atoms with van der Waals surface area (Å²) >= 11 is 0. The van der Waals surface area contributed by atoms with E-state index in [1.54, 1.807) is 18.9 Å². The summed E-state index contributed by atoms with van der Waals surface area (Å²) in [4.78, 5) is 25.8. The Morgan fingerprint density at radius 1 is 1.39 bits per heavy atom. The summed E-state index contributed by atoms with van der Waals surface area (Å²) in [6, 6.07) is -0.450. The molecule has 1 saturated heterocycles. The van der Waals surface area contributed by atoms with Gasteiger partial charge in [0.25, 0.3) is 0 Å². The third-order valence-corrected chi connectivity index (χ3v) is 3.82. The van der Waals surface area contributed by atoms with Crippen molar-refractivity contribution in [2.45, 2.75) is 39.7 Å². The molecule has 1 unspecified atom stereocenters. The second-order valence-corrected chi connectivity index (χ2v) is 5.36. The topological polar surface area (TPSA) is 61.4 Å². The number of nitrogens with zero attached hydrogens (tertiary/aromatic N) is 1. The molecule has 1 rings (SSSR count). The predicted octanol–water partition coefficient (Wildman–Crippen LogP) is 0.359. The lowest BCUT2D eigenvalue weighted by atomic mass is 9.80. The highest BCUT2D eigenvalue weighted by Gasteiger charge is 2.35. The minimum Gasteiger partial charge on any atom is -0.344 e. The van der Waals surface area contributed by atoms with Crippen LogP contribution in [0.15, 0.2) is 0 Å². The van der Waals surface area contributed by atoms with Crippen LogP contribution >= 0.6 is 0 Å². The van der Waals surface area contributed by atoms with Crippen LogP contribution in [0.1, 0.15) is 33.6 Å². The number of rotatable bonds is 4. The van der Waals surface area contributed by atoms with Gasteiger partial charge in [-0.15, -0.1) is 0 Å². The van der Waals surface area contributed by atoms with Gasteiger partial charge in [0.15, 0.2) is 0 Å². The summed E-state index contributed by atoms with van der Waals surface area (Å²) < 4.78 is 0. The molecule has 1 aliphatic heterocycles. The van der Waals surface area contributed by atoms with E-state index in [-0.39, 0.29) is 17.2 Å². The van der Waals surface area contributed by atoms with Gasteiger partial charge in [0.2, 0.25) is 11.8 Å². The second-order valence-electron chi connectivity index (χ2n) is 5.36. The van der Waals surface area contributed by atoms with E-state index in [1.807, 2.05) is 13.8 Å². The molecule has 5 nitrogen and oxygen atoms in total. The molecule has 0 aliphatic carbocycles. The highest BCUT2D eigenvalue weighted by Crippen LogP contribution is 2.28. The average Bonchev–Trinajstić information content (AvgIpc) is 2.37. The Morgan fingerprint density at radius 3 is 2.44 bits per heavy atom. The lowest BCUT2D eigenvalue weighted by Crippen LogP contribution is -2.52. The summed E-state index contributed by atoms with van der Waals surface area (Å²) in [5.41, 5.74) is -0.343. The van der Waals surface area contributed by atoms with E-state index < -0.39 is 6.04 Å². The predicted molar refractivity (Wildman–Crippen MR) is 71.1 cm³/mol. The highest BCUT2D eigenvalue weighted by atomic mass is 16.2. The molecule has 0 aromatic rings. The molecule has 0 aromatic heterocycles. The van der Waals surface area contributed by atoms with E-state index in [0.717, 1.165) is 25.9 Å². The zero-order chi connectivity index (χ0) is 13.8. The number of nitrogens with one attached hydrogen (secondary N) is 2. The number of hydrogen-bond donors (Lipinski definition) is 2. The van der Waals surface area contributed by atoms with Crippen LogP contribution in [-0.2, 0) is 9.59 Å². The first-order valence-electron chi connectivity index (χ1n) is 6.67. The largest absolute Gasteiger partial charge is 0.344 e. The van der Waals surface area contributed by atoms with Gasteiger partial charge in [-0.2, -0.15) is 0 Å². The molecular weight excluding hydrogens is 230 g/mol. The third-order valence-electron chi connectivity index (χ3n) is 3.82. The van der Waals surface area contributed by atoms with Crippen molar-refractivity contribution in [3.8, 4) is 0 Å². The van der Waals surface area contributed by atoms with Gasteiger partial charge in [-0.3, -0.25) is 9.59 Å². The molecule has 104 valence electrons. The molecule has 1 aliphatic rings. The van der Waals surface area contributed by atoms with Crippen molar-refractivity contribution < 1.29 is 9.59 Å². The van der Waals surface area contributed by atoms with E-state index in [9.17, 15) is 9.59 Å². The first kappa shape index (κ1) is 15.0. The number of hydrogen-bond acceptors (Lipinski definition) is 3. The quantitative estimate of drug-likeness (QED) is 0.762. The molecule has 1 heterocycles. The molecule has 5 heteroatoms. The Kier molecular flexibility index (Phi) is 5.14. The molecule has 2 amide bonds. The maximum Gasteiger partial charge on any atom is 0.244 e. The van der Waals surface area contributed by atoms with Gasteiger partial charge in [0.05, 0.1) is 0 Å². The SMILES string of the molecule is CCN(C)C(=O)C(C)NC(=O)C1(C)CCNCC1. The van der Waals surface area contributed by atoms with Crippen molar-refractivity contribution in [2.24, 2.45) is 5.41 Å². The number of amides is 2. The van der Waals surface area contributed by atoms with E-state index in [0.29, 0.717) is 6.54 Å². The molecule has 1 fully saturated rings. The van der Waals surface area contributed by atoms with Gasteiger partial charge >= 0.3 is 0 Å². The van der Waals surface area contributed by atoms with Crippen LogP contribution in [0.25, 0.3) is 0 Å². The van der Waals surface area contributed by atoms with Crippen molar-refractivity contribution in [3.63, 3.8) is 0 Å². The fourth-order valence-corrected chi connectivity index (χ4v) is 2.12. The maximum absolute atomic E-state index is 12.2. The van der Waals surface area contributed by atoms with Gasteiger partial charge < -0.3 is 15.5 Å². The van der Waals surface area contributed by atoms with Gasteiger partial charge in [-0.25, -0.2) is 0 Å². The van der Waals surface area contributed by atoms with Crippen LogP contribution in [0.3, 0.4) is 0 Å². The average molecular weight is 255 g/mol. The smallest absolute Gasteiger partial charge is 0.244 e. The van der Waals surface area contributed by atoms with Crippen LogP contribution in [0.5, 0.6) is 0 Å². The summed E-state index contributed by atoms with van der Waals surface area (Å²) in [5, 5.41) is 6.09. The Labute approximate surface area is 109 Å². The van der Waals surface area contributed by atoms with E-state index >= 15 is 0 Å². The number of carbonyl (C=O) groups is 2. The van der Waals surface area contributed by atoms with Crippen molar-refractivity contribution in [3.05, 3.63) is 0 Å². The molecule has 0 radical (unpaired) electrons. The monoisotopic (exact) mass is 255 g/mol. The van der Waals surface area contributed by atoms with Gasteiger partial charge in [-0.05, 0) is 39.8 Å². The van der Waals surface area contributed by atoms with Gasteiger partial charge in [0.1, 0.15) is 6.04 Å². The van der Waals surface area contributed by atoms with Crippen LogP contribution in [0.4, 0.5) is 0 Å². The Bertz CT molecular complexity index is 311. The Morgan fingerprint density at radius 2 is 1.94 bits per heavy atom. The standard InChI is InChI=1S/C13H25N3O2/c1-5-16(4)11(17)10(2)15-12(18)13(3)6-8-14-9-7-13/h10,14H,5-9H2,1-4H3,(H,15,18). The molecule has 18 heavy (non-hydrogen) atoms. The summed E-state index contributed by atoms with van der Waals surface area (Å²) in [6.45, 7) is 8.02. The summed E-state index contributed by atoms with van der Waals surface area (Å²) in [5.74, 6) is -0.0438. The minimum atomic E-state index is -0.450. The summed E-state index contributed by atoms with van der Waals surface area (Å²) in [6.07, 6.45) is 1.65. The minimum absolute atomic E-state index is 0.00523. The van der Waals surface area contributed by atoms with E-state index in [4.69, 9.17) is 0 Å². The maximum atomic E-state index is 12.2. The third kappa shape index (κ3) is 3.45.